The van der Waals surface area contributed by atoms with E-state index in [-0.39, 0.29) is 5.75 Å². The Morgan fingerprint density at radius 1 is 1.56 bits per heavy atom. The number of rotatable bonds is 4. The number of esters is 1. The van der Waals surface area contributed by atoms with Crippen LogP contribution in [-0.4, -0.2) is 24.6 Å². The minimum absolute atomic E-state index is 0.310. The van der Waals surface area contributed by atoms with Crippen LogP contribution >= 0.6 is 0 Å². The first-order chi connectivity index (χ1) is 7.54. The van der Waals surface area contributed by atoms with Crippen LogP contribution in [0.2, 0.25) is 0 Å². The summed E-state index contributed by atoms with van der Waals surface area (Å²) in [4.78, 5) is 20.5. The largest absolute Gasteiger partial charge is 0.475 e. The van der Waals surface area contributed by atoms with Crippen molar-refractivity contribution in [3.05, 3.63) is 34.1 Å². The molecule has 0 heterocycles. The van der Waals surface area contributed by atoms with Crippen LogP contribution in [0.25, 0.3) is 0 Å². The monoisotopic (exact) mass is 229 g/mol. The average Bonchev–Trinajstić information content (AvgIpc) is 2.25. The lowest BCUT2D eigenvalue weighted by molar-refractivity contribution is -0.385. The van der Waals surface area contributed by atoms with Crippen LogP contribution in [0.15, 0.2) is 18.2 Å². The molecule has 0 N–H and O–H groups in total. The number of halogens is 1. The summed E-state index contributed by atoms with van der Waals surface area (Å²) in [5.74, 6) is -1.71. The van der Waals surface area contributed by atoms with Crippen LogP contribution in [0.1, 0.15) is 0 Å². The van der Waals surface area contributed by atoms with Gasteiger partial charge in [-0.2, -0.15) is 0 Å². The quantitative estimate of drug-likeness (QED) is 0.441. The van der Waals surface area contributed by atoms with Gasteiger partial charge in [0.2, 0.25) is 5.75 Å². The smallest absolute Gasteiger partial charge is 0.343 e. The summed E-state index contributed by atoms with van der Waals surface area (Å²) in [6.07, 6.45) is 0. The highest BCUT2D eigenvalue weighted by Crippen LogP contribution is 2.27. The Kier molecular flexibility index (Phi) is 3.76. The Labute approximate surface area is 89.7 Å². The third kappa shape index (κ3) is 2.91. The molecule has 0 fully saturated rings. The summed E-state index contributed by atoms with van der Waals surface area (Å²) in [5.41, 5.74) is -0.412. The van der Waals surface area contributed by atoms with Crippen LogP contribution < -0.4 is 4.74 Å². The number of methoxy groups -OCH3 is 1. The summed E-state index contributed by atoms with van der Waals surface area (Å²) < 4.78 is 21.8. The fraction of sp³-hybridized carbons (Fsp3) is 0.222. The minimum atomic E-state index is -0.730. The zero-order chi connectivity index (χ0) is 12.1. The minimum Gasteiger partial charge on any atom is -0.475 e. The highest BCUT2D eigenvalue weighted by molar-refractivity contribution is 5.71. The van der Waals surface area contributed by atoms with Crippen LogP contribution in [0.4, 0.5) is 10.1 Å². The number of hydrogen-bond donors (Lipinski definition) is 0. The van der Waals surface area contributed by atoms with Gasteiger partial charge in [0.1, 0.15) is 5.82 Å². The van der Waals surface area contributed by atoms with Gasteiger partial charge in [0, 0.05) is 12.1 Å². The second kappa shape index (κ2) is 5.06. The zero-order valence-electron chi connectivity index (χ0n) is 8.31. The molecule has 0 radical (unpaired) electrons. The molecule has 0 saturated heterocycles. The predicted molar refractivity (Wildman–Crippen MR) is 50.6 cm³/mol. The number of nitro benzene ring substituents is 1. The second-order valence-corrected chi connectivity index (χ2v) is 2.73. The number of hydrogen-bond acceptors (Lipinski definition) is 5. The molecule has 0 saturated carbocycles. The molecule has 0 aliphatic carbocycles. The maximum Gasteiger partial charge on any atom is 0.343 e. The summed E-state index contributed by atoms with van der Waals surface area (Å²) in [6.45, 7) is -0.513. The fourth-order valence-electron chi connectivity index (χ4n) is 0.950. The molecule has 1 aromatic rings. The normalized spacial score (nSPS) is 9.62. The Bertz CT molecular complexity index is 420. The maximum atomic E-state index is 12.8. The van der Waals surface area contributed by atoms with E-state index in [1.54, 1.807) is 0 Å². The SMILES string of the molecule is COC(=O)COc1cc(F)ccc1[N+](=O)[O-]. The predicted octanol–water partition coefficient (Wildman–Crippen LogP) is 1.29. The molecular formula is C9H8FNO5. The van der Waals surface area contributed by atoms with Gasteiger partial charge in [-0.1, -0.05) is 0 Å². The van der Waals surface area contributed by atoms with E-state index in [4.69, 9.17) is 4.74 Å². The van der Waals surface area contributed by atoms with Crippen molar-refractivity contribution < 1.29 is 23.6 Å². The lowest BCUT2D eigenvalue weighted by Crippen LogP contribution is -2.13. The molecule has 1 aromatic carbocycles. The summed E-state index contributed by atoms with van der Waals surface area (Å²) in [5, 5.41) is 10.5. The molecule has 0 bridgehead atoms. The Hall–Kier alpha value is -2.18. The van der Waals surface area contributed by atoms with Crippen LogP contribution in [-0.2, 0) is 9.53 Å². The van der Waals surface area contributed by atoms with E-state index in [0.29, 0.717) is 0 Å². The second-order valence-electron chi connectivity index (χ2n) is 2.73. The van der Waals surface area contributed by atoms with Crippen LogP contribution in [0.3, 0.4) is 0 Å². The summed E-state index contributed by atoms with van der Waals surface area (Å²) in [7, 11) is 1.14. The van der Waals surface area contributed by atoms with Crippen molar-refractivity contribution in [1.82, 2.24) is 0 Å². The van der Waals surface area contributed by atoms with Gasteiger partial charge >= 0.3 is 11.7 Å². The molecule has 7 heteroatoms. The van der Waals surface area contributed by atoms with Gasteiger partial charge in [-0.15, -0.1) is 0 Å². The van der Waals surface area contributed by atoms with Gasteiger partial charge < -0.3 is 9.47 Å². The van der Waals surface area contributed by atoms with Crippen molar-refractivity contribution in [2.75, 3.05) is 13.7 Å². The van der Waals surface area contributed by atoms with E-state index < -0.39 is 29.0 Å². The van der Waals surface area contributed by atoms with Crippen molar-refractivity contribution in [3.8, 4) is 5.75 Å². The highest BCUT2D eigenvalue weighted by atomic mass is 19.1. The lowest BCUT2D eigenvalue weighted by Gasteiger charge is -2.05. The Morgan fingerprint density at radius 3 is 2.81 bits per heavy atom. The number of benzene rings is 1. The van der Waals surface area contributed by atoms with Crippen molar-refractivity contribution in [2.45, 2.75) is 0 Å². The van der Waals surface area contributed by atoms with Gasteiger partial charge in [0.05, 0.1) is 12.0 Å². The zero-order valence-corrected chi connectivity index (χ0v) is 8.31. The molecule has 0 aliphatic rings. The molecule has 6 nitrogen and oxygen atoms in total. The molecule has 1 rings (SSSR count). The van der Waals surface area contributed by atoms with Crippen LogP contribution in [0, 0.1) is 15.9 Å². The molecule has 0 spiro atoms. The van der Waals surface area contributed by atoms with E-state index in [1.807, 2.05) is 0 Å². The number of carbonyl (C=O) groups excluding carboxylic acids is 1. The van der Waals surface area contributed by atoms with Gasteiger partial charge in [-0.05, 0) is 6.07 Å². The summed E-state index contributed by atoms with van der Waals surface area (Å²) >= 11 is 0. The molecule has 0 aliphatic heterocycles. The van der Waals surface area contributed by atoms with Gasteiger partial charge in [0.15, 0.2) is 6.61 Å². The standard InChI is InChI=1S/C9H8FNO5/c1-15-9(12)5-16-8-4-6(10)2-3-7(8)11(13)14/h2-4H,5H2,1H3. The van der Waals surface area contributed by atoms with E-state index in [1.165, 1.54) is 0 Å². The lowest BCUT2D eigenvalue weighted by atomic mass is 10.3. The number of carbonyl (C=O) groups is 1. The molecule has 0 unspecified atom stereocenters. The number of nitro groups is 1. The average molecular weight is 229 g/mol. The van der Waals surface area contributed by atoms with Crippen molar-refractivity contribution in [3.63, 3.8) is 0 Å². The highest BCUT2D eigenvalue weighted by Gasteiger charge is 2.16. The first-order valence-corrected chi connectivity index (χ1v) is 4.18. The van der Waals surface area contributed by atoms with E-state index >= 15 is 0 Å². The topological polar surface area (TPSA) is 78.7 Å². The van der Waals surface area contributed by atoms with E-state index in [0.717, 1.165) is 25.3 Å². The maximum absolute atomic E-state index is 12.8. The van der Waals surface area contributed by atoms with E-state index in [9.17, 15) is 19.3 Å². The van der Waals surface area contributed by atoms with Crippen molar-refractivity contribution in [1.29, 1.82) is 0 Å². The molecule has 0 aromatic heterocycles. The van der Waals surface area contributed by atoms with Gasteiger partial charge in [-0.25, -0.2) is 9.18 Å². The molecule has 0 atom stereocenters. The Balaban J connectivity index is 2.88. The Morgan fingerprint density at radius 2 is 2.25 bits per heavy atom. The first kappa shape index (κ1) is 11.9. The first-order valence-electron chi connectivity index (χ1n) is 4.18. The third-order valence-corrected chi connectivity index (χ3v) is 1.69. The third-order valence-electron chi connectivity index (χ3n) is 1.69. The molecule has 16 heavy (non-hydrogen) atoms. The summed E-state index contributed by atoms with van der Waals surface area (Å²) in [6, 6.07) is 2.73. The molecular weight excluding hydrogens is 221 g/mol. The van der Waals surface area contributed by atoms with Gasteiger partial charge in [0.25, 0.3) is 0 Å². The number of ether oxygens (including phenoxy) is 2. The molecule has 0 amide bonds. The van der Waals surface area contributed by atoms with Crippen molar-refractivity contribution in [2.24, 2.45) is 0 Å². The van der Waals surface area contributed by atoms with Gasteiger partial charge in [-0.3, -0.25) is 10.1 Å². The molecule has 86 valence electrons. The van der Waals surface area contributed by atoms with Crippen molar-refractivity contribution >= 4 is 11.7 Å². The fourth-order valence-corrected chi connectivity index (χ4v) is 0.950. The van der Waals surface area contributed by atoms with Crippen LogP contribution in [0.5, 0.6) is 5.75 Å². The van der Waals surface area contributed by atoms with E-state index in [2.05, 4.69) is 4.74 Å². The number of nitrogens with zero attached hydrogens (tertiary/aromatic N) is 1.